The van der Waals surface area contributed by atoms with Crippen LogP contribution in [0.3, 0.4) is 0 Å². The molecule has 0 bridgehead atoms. The third-order valence-corrected chi connectivity index (χ3v) is 4.46. The minimum Gasteiger partial charge on any atom is -0.492 e. The van der Waals surface area contributed by atoms with Crippen molar-refractivity contribution in [3.05, 3.63) is 86.7 Å². The Morgan fingerprint density at radius 2 is 1.79 bits per heavy atom. The van der Waals surface area contributed by atoms with E-state index in [0.29, 0.717) is 23.7 Å². The van der Waals surface area contributed by atoms with E-state index in [0.717, 1.165) is 15.7 Å². The molecule has 7 nitrogen and oxygen atoms in total. The van der Waals surface area contributed by atoms with Gasteiger partial charge in [0.15, 0.2) is 0 Å². The van der Waals surface area contributed by atoms with E-state index in [1.165, 1.54) is 17.0 Å². The number of hydrogen-bond donors (Lipinski definition) is 1. The maximum Gasteiger partial charge on any atom is 0.321 e. The second-order valence-electron chi connectivity index (χ2n) is 6.67. The molecule has 0 saturated carbocycles. The van der Waals surface area contributed by atoms with E-state index >= 15 is 0 Å². The van der Waals surface area contributed by atoms with Crippen LogP contribution in [0.4, 0.5) is 5.69 Å². The number of ether oxygens (including phenoxy) is 1. The lowest BCUT2D eigenvalue weighted by Crippen LogP contribution is -2.41. The van der Waals surface area contributed by atoms with Crippen molar-refractivity contribution >= 4 is 11.6 Å². The van der Waals surface area contributed by atoms with Crippen LogP contribution in [0.1, 0.15) is 18.1 Å². The summed E-state index contributed by atoms with van der Waals surface area (Å²) in [5.41, 5.74) is 1.55. The van der Waals surface area contributed by atoms with Crippen LogP contribution < -0.4 is 21.2 Å². The van der Waals surface area contributed by atoms with Gasteiger partial charge in [-0.15, -0.1) is 0 Å². The number of benzene rings is 2. The van der Waals surface area contributed by atoms with Crippen LogP contribution >= 0.6 is 0 Å². The van der Waals surface area contributed by atoms with Gasteiger partial charge in [-0.3, -0.25) is 23.5 Å². The van der Waals surface area contributed by atoms with Gasteiger partial charge in [0.1, 0.15) is 12.3 Å². The third-order valence-electron chi connectivity index (χ3n) is 4.46. The predicted molar refractivity (Wildman–Crippen MR) is 112 cm³/mol. The molecule has 1 heterocycles. The summed E-state index contributed by atoms with van der Waals surface area (Å²) >= 11 is 0. The molecule has 0 aliphatic rings. The molecular formula is C22H23N3O4. The van der Waals surface area contributed by atoms with Crippen LogP contribution in [-0.4, -0.2) is 21.6 Å². The van der Waals surface area contributed by atoms with E-state index in [-0.39, 0.29) is 12.5 Å². The maximum atomic E-state index is 12.6. The minimum atomic E-state index is -0.782. The molecule has 0 radical (unpaired) electrons. The summed E-state index contributed by atoms with van der Waals surface area (Å²) in [6.45, 7) is 5.83. The molecule has 2 aromatic carbocycles. The highest BCUT2D eigenvalue weighted by molar-refractivity contribution is 5.91. The van der Waals surface area contributed by atoms with Gasteiger partial charge in [-0.2, -0.15) is 0 Å². The number of aromatic nitrogens is 2. The number of nitrogens with one attached hydrogen (secondary N) is 1. The summed E-state index contributed by atoms with van der Waals surface area (Å²) in [7, 11) is 0. The normalized spacial score (nSPS) is 10.6. The van der Waals surface area contributed by atoms with Gasteiger partial charge in [-0.05, 0) is 50.1 Å². The van der Waals surface area contributed by atoms with E-state index in [9.17, 15) is 14.4 Å². The zero-order chi connectivity index (χ0) is 21.0. The summed E-state index contributed by atoms with van der Waals surface area (Å²) in [6, 6.07) is 12.7. The lowest BCUT2D eigenvalue weighted by atomic mass is 10.1. The Kier molecular flexibility index (Phi) is 5.97. The number of aryl methyl sites for hydroxylation is 2. The average Bonchev–Trinajstić information content (AvgIpc) is 2.69. The molecule has 1 aromatic heterocycles. The lowest BCUT2D eigenvalue weighted by Gasteiger charge is -2.13. The standard InChI is InChI=1S/C22H23N3O4/c1-4-29-19-8-6-5-7-18(19)25-12-11-24(21(27)22(25)28)14-20(26)23-17-13-15(2)9-10-16(17)3/h5-13H,4,14H2,1-3H3,(H,23,26). The zero-order valence-corrected chi connectivity index (χ0v) is 16.6. The topological polar surface area (TPSA) is 82.3 Å². The molecule has 0 spiro atoms. The summed E-state index contributed by atoms with van der Waals surface area (Å²) in [5.74, 6) is 0.120. The molecule has 3 rings (SSSR count). The number of carbonyl (C=O) groups excluding carboxylic acids is 1. The minimum absolute atomic E-state index is 0.255. The van der Waals surface area contributed by atoms with E-state index < -0.39 is 11.1 Å². The second kappa shape index (κ2) is 8.60. The number of rotatable bonds is 6. The quantitative estimate of drug-likeness (QED) is 0.653. The Hall–Kier alpha value is -3.61. The monoisotopic (exact) mass is 393 g/mol. The first-order valence-corrected chi connectivity index (χ1v) is 9.32. The van der Waals surface area contributed by atoms with Crippen LogP contribution in [0, 0.1) is 13.8 Å². The Morgan fingerprint density at radius 1 is 1.03 bits per heavy atom. The fraction of sp³-hybridized carbons (Fsp3) is 0.227. The number of anilines is 1. The smallest absolute Gasteiger partial charge is 0.321 e. The molecule has 1 N–H and O–H groups in total. The molecule has 1 amide bonds. The van der Waals surface area contributed by atoms with Gasteiger partial charge >= 0.3 is 11.1 Å². The van der Waals surface area contributed by atoms with Crippen LogP contribution in [0.5, 0.6) is 5.75 Å². The highest BCUT2D eigenvalue weighted by Gasteiger charge is 2.13. The van der Waals surface area contributed by atoms with Crippen molar-refractivity contribution in [2.45, 2.75) is 27.3 Å². The molecule has 0 aliphatic heterocycles. The van der Waals surface area contributed by atoms with Gasteiger partial charge < -0.3 is 10.1 Å². The van der Waals surface area contributed by atoms with Gasteiger partial charge in [0.25, 0.3) is 0 Å². The van der Waals surface area contributed by atoms with Crippen molar-refractivity contribution in [1.29, 1.82) is 0 Å². The fourth-order valence-corrected chi connectivity index (χ4v) is 2.97. The molecule has 150 valence electrons. The van der Waals surface area contributed by atoms with Crippen LogP contribution in [0.2, 0.25) is 0 Å². The van der Waals surface area contributed by atoms with Gasteiger partial charge in [0.05, 0.1) is 12.3 Å². The first-order valence-electron chi connectivity index (χ1n) is 9.32. The largest absolute Gasteiger partial charge is 0.492 e. The first-order chi connectivity index (χ1) is 13.9. The summed E-state index contributed by atoms with van der Waals surface area (Å²) in [6.07, 6.45) is 2.89. The van der Waals surface area contributed by atoms with Gasteiger partial charge in [-0.25, -0.2) is 0 Å². The number of amides is 1. The average molecular weight is 393 g/mol. The van der Waals surface area contributed by atoms with Gasteiger partial charge in [0.2, 0.25) is 5.91 Å². The van der Waals surface area contributed by atoms with Crippen molar-refractivity contribution in [3.63, 3.8) is 0 Å². The highest BCUT2D eigenvalue weighted by Crippen LogP contribution is 2.20. The highest BCUT2D eigenvalue weighted by atomic mass is 16.5. The molecule has 0 aliphatic carbocycles. The summed E-state index contributed by atoms with van der Waals surface area (Å²) in [5, 5.41) is 2.79. The van der Waals surface area contributed by atoms with Crippen molar-refractivity contribution in [1.82, 2.24) is 9.13 Å². The maximum absolute atomic E-state index is 12.6. The Labute approximate surface area is 168 Å². The van der Waals surface area contributed by atoms with E-state index in [1.54, 1.807) is 24.3 Å². The van der Waals surface area contributed by atoms with Crippen molar-refractivity contribution in [2.24, 2.45) is 0 Å². The number of hydrogen-bond acceptors (Lipinski definition) is 4. The van der Waals surface area contributed by atoms with Crippen molar-refractivity contribution in [3.8, 4) is 11.4 Å². The number of nitrogens with zero attached hydrogens (tertiary/aromatic N) is 2. The second-order valence-corrected chi connectivity index (χ2v) is 6.67. The fourth-order valence-electron chi connectivity index (χ4n) is 2.97. The molecule has 3 aromatic rings. The number of para-hydroxylation sites is 2. The van der Waals surface area contributed by atoms with Gasteiger partial charge in [-0.1, -0.05) is 24.3 Å². The lowest BCUT2D eigenvalue weighted by molar-refractivity contribution is -0.116. The molecule has 0 fully saturated rings. The van der Waals surface area contributed by atoms with E-state index in [2.05, 4.69) is 5.32 Å². The SMILES string of the molecule is CCOc1ccccc1-n1ccn(CC(=O)Nc2cc(C)ccc2C)c(=O)c1=O. The van der Waals surface area contributed by atoms with Crippen molar-refractivity contribution < 1.29 is 9.53 Å². The van der Waals surface area contributed by atoms with Crippen LogP contribution in [0.25, 0.3) is 5.69 Å². The van der Waals surface area contributed by atoms with Crippen molar-refractivity contribution in [2.75, 3.05) is 11.9 Å². The molecular weight excluding hydrogens is 370 g/mol. The van der Waals surface area contributed by atoms with Gasteiger partial charge in [0, 0.05) is 18.1 Å². The predicted octanol–water partition coefficient (Wildman–Crippen LogP) is 2.65. The third kappa shape index (κ3) is 4.45. The molecule has 0 unspecified atom stereocenters. The molecule has 0 atom stereocenters. The summed E-state index contributed by atoms with van der Waals surface area (Å²) in [4.78, 5) is 37.6. The van der Waals surface area contributed by atoms with Crippen LogP contribution in [0.15, 0.2) is 64.4 Å². The Morgan fingerprint density at radius 3 is 2.55 bits per heavy atom. The first kappa shape index (κ1) is 20.1. The number of carbonyl (C=O) groups is 1. The Bertz CT molecular complexity index is 1160. The van der Waals surface area contributed by atoms with E-state index in [1.807, 2.05) is 39.0 Å². The zero-order valence-electron chi connectivity index (χ0n) is 16.6. The Balaban J connectivity index is 1.87. The molecule has 29 heavy (non-hydrogen) atoms. The summed E-state index contributed by atoms with van der Waals surface area (Å²) < 4.78 is 7.86. The van der Waals surface area contributed by atoms with Crippen LogP contribution in [-0.2, 0) is 11.3 Å². The van der Waals surface area contributed by atoms with E-state index in [4.69, 9.17) is 4.74 Å². The molecule has 0 saturated heterocycles. The molecule has 7 heteroatoms.